The van der Waals surface area contributed by atoms with Crippen LogP contribution in [0.2, 0.25) is 0 Å². The van der Waals surface area contributed by atoms with Crippen LogP contribution in [0.1, 0.15) is 44.4 Å². The molecule has 184 valence electrons. The number of hydrogen-bond donors (Lipinski definition) is 1. The van der Waals surface area contributed by atoms with Crippen molar-refractivity contribution in [3.05, 3.63) is 71.7 Å². The molecule has 0 saturated carbocycles. The minimum Gasteiger partial charge on any atom is -0.435 e. The predicted molar refractivity (Wildman–Crippen MR) is 132 cm³/mol. The quantitative estimate of drug-likeness (QED) is 0.316. The molecule has 0 fully saturated rings. The Kier molecular flexibility index (Phi) is 10.1. The molecule has 34 heavy (non-hydrogen) atoms. The molecule has 1 atom stereocenters. The molecule has 6 nitrogen and oxygen atoms in total. The first-order valence-electron chi connectivity index (χ1n) is 12.1. The van der Waals surface area contributed by atoms with E-state index in [2.05, 4.69) is 18.7 Å². The summed E-state index contributed by atoms with van der Waals surface area (Å²) in [6.07, 6.45) is 2.38. The van der Waals surface area contributed by atoms with Gasteiger partial charge in [0.2, 0.25) is 5.88 Å². The van der Waals surface area contributed by atoms with Crippen LogP contribution in [-0.4, -0.2) is 52.2 Å². The van der Waals surface area contributed by atoms with Crippen molar-refractivity contribution in [1.82, 2.24) is 14.7 Å². The summed E-state index contributed by atoms with van der Waals surface area (Å²) in [6, 6.07) is 16.0. The Balaban J connectivity index is 1.87. The normalized spacial score (nSPS) is 12.3. The molecule has 0 unspecified atom stereocenters. The Morgan fingerprint density at radius 2 is 1.79 bits per heavy atom. The molecule has 2 aromatic carbocycles. The Bertz CT molecular complexity index is 1010. The van der Waals surface area contributed by atoms with Crippen LogP contribution in [0.3, 0.4) is 0 Å². The smallest absolute Gasteiger partial charge is 0.227 e. The maximum absolute atomic E-state index is 14.5. The zero-order chi connectivity index (χ0) is 24.3. The lowest BCUT2D eigenvalue weighted by molar-refractivity contribution is 0.0143. The molecule has 7 heteroatoms. The van der Waals surface area contributed by atoms with E-state index >= 15 is 0 Å². The summed E-state index contributed by atoms with van der Waals surface area (Å²) in [5.74, 6) is 0.188. The van der Waals surface area contributed by atoms with Crippen molar-refractivity contribution in [2.24, 2.45) is 0 Å². The summed E-state index contributed by atoms with van der Waals surface area (Å²) in [5.41, 5.74) is 2.49. The van der Waals surface area contributed by atoms with Crippen LogP contribution in [0.5, 0.6) is 11.6 Å². The molecule has 0 aliphatic rings. The zero-order valence-corrected chi connectivity index (χ0v) is 20.4. The lowest BCUT2D eigenvalue weighted by Crippen LogP contribution is -2.35. The van der Waals surface area contributed by atoms with Gasteiger partial charge >= 0.3 is 0 Å². The second kappa shape index (κ2) is 13.2. The van der Waals surface area contributed by atoms with E-state index in [1.807, 2.05) is 37.3 Å². The fourth-order valence-electron chi connectivity index (χ4n) is 3.79. The van der Waals surface area contributed by atoms with Crippen LogP contribution in [0.25, 0.3) is 5.69 Å². The number of aryl methyl sites for hydroxylation is 1. The Morgan fingerprint density at radius 1 is 1.06 bits per heavy atom. The van der Waals surface area contributed by atoms with Gasteiger partial charge in [0.1, 0.15) is 0 Å². The van der Waals surface area contributed by atoms with Crippen molar-refractivity contribution in [3.63, 3.8) is 0 Å². The number of hydrogen-bond acceptors (Lipinski definition) is 5. The summed E-state index contributed by atoms with van der Waals surface area (Å²) >= 11 is 0. The number of aromatic nitrogens is 2. The van der Waals surface area contributed by atoms with Crippen molar-refractivity contribution in [1.29, 1.82) is 0 Å². The van der Waals surface area contributed by atoms with Crippen LogP contribution < -0.4 is 4.74 Å². The number of ether oxygens (including phenoxy) is 2. The summed E-state index contributed by atoms with van der Waals surface area (Å²) in [4.78, 5) is 2.17. The van der Waals surface area contributed by atoms with Crippen LogP contribution in [0, 0.1) is 12.7 Å². The van der Waals surface area contributed by atoms with Crippen molar-refractivity contribution in [2.45, 2.75) is 52.7 Å². The number of aliphatic hydroxyl groups excluding tert-OH is 1. The standard InChI is InChI=1S/C27H36FN3O3/c1-4-6-17-33-20-23(32)18-30(16-5-2)19-24-21(3)29-31(22-12-8-7-9-13-22)27(24)34-26-15-11-10-14-25(26)28/h7-15,23,32H,4-6,16-20H2,1-3H3/t23-/m1/s1. The van der Waals surface area contributed by atoms with Gasteiger partial charge in [-0.05, 0) is 50.6 Å². The van der Waals surface area contributed by atoms with Gasteiger partial charge in [0.05, 0.1) is 29.7 Å². The van der Waals surface area contributed by atoms with E-state index in [1.165, 1.54) is 6.07 Å². The highest BCUT2D eigenvalue weighted by molar-refractivity contribution is 5.43. The molecule has 1 N–H and O–H groups in total. The van der Waals surface area contributed by atoms with Gasteiger partial charge in [0.25, 0.3) is 0 Å². The second-order valence-corrected chi connectivity index (χ2v) is 8.47. The van der Waals surface area contributed by atoms with E-state index in [0.717, 1.165) is 42.8 Å². The van der Waals surface area contributed by atoms with Crippen molar-refractivity contribution in [3.8, 4) is 17.3 Å². The van der Waals surface area contributed by atoms with Crippen molar-refractivity contribution >= 4 is 0 Å². The van der Waals surface area contributed by atoms with Crippen LogP contribution in [0.4, 0.5) is 4.39 Å². The van der Waals surface area contributed by atoms with E-state index in [1.54, 1.807) is 22.9 Å². The third kappa shape index (κ3) is 7.13. The van der Waals surface area contributed by atoms with Crippen molar-refractivity contribution in [2.75, 3.05) is 26.3 Å². The molecule has 0 bridgehead atoms. The number of halogens is 1. The predicted octanol–water partition coefficient (Wildman–Crippen LogP) is 5.50. The van der Waals surface area contributed by atoms with E-state index in [9.17, 15) is 9.50 Å². The molecule has 0 aliphatic carbocycles. The van der Waals surface area contributed by atoms with Crippen molar-refractivity contribution < 1.29 is 19.0 Å². The highest BCUT2D eigenvalue weighted by atomic mass is 19.1. The molecule has 1 aromatic heterocycles. The summed E-state index contributed by atoms with van der Waals surface area (Å²) < 4.78 is 27.9. The van der Waals surface area contributed by atoms with Crippen LogP contribution in [-0.2, 0) is 11.3 Å². The molecule has 0 saturated heterocycles. The molecule has 3 rings (SSSR count). The minimum atomic E-state index is -0.594. The maximum atomic E-state index is 14.5. The third-order valence-electron chi connectivity index (χ3n) is 5.52. The fourth-order valence-corrected chi connectivity index (χ4v) is 3.79. The van der Waals surface area contributed by atoms with Gasteiger partial charge in [0.15, 0.2) is 11.6 Å². The lowest BCUT2D eigenvalue weighted by Gasteiger charge is -2.25. The van der Waals surface area contributed by atoms with Gasteiger partial charge in [-0.25, -0.2) is 9.07 Å². The van der Waals surface area contributed by atoms with E-state index in [0.29, 0.717) is 32.2 Å². The molecular weight excluding hydrogens is 433 g/mol. The molecule has 0 aliphatic heterocycles. The second-order valence-electron chi connectivity index (χ2n) is 8.47. The Hall–Kier alpha value is -2.74. The number of nitrogens with zero attached hydrogens (tertiary/aromatic N) is 3. The summed E-state index contributed by atoms with van der Waals surface area (Å²) in [5, 5.41) is 15.3. The topological polar surface area (TPSA) is 59.8 Å². The fraction of sp³-hybridized carbons (Fsp3) is 0.444. The number of para-hydroxylation sites is 2. The van der Waals surface area contributed by atoms with Crippen LogP contribution >= 0.6 is 0 Å². The highest BCUT2D eigenvalue weighted by Gasteiger charge is 2.23. The van der Waals surface area contributed by atoms with Gasteiger partial charge in [-0.2, -0.15) is 5.10 Å². The van der Waals surface area contributed by atoms with E-state index < -0.39 is 11.9 Å². The largest absolute Gasteiger partial charge is 0.435 e. The average molecular weight is 470 g/mol. The molecule has 1 heterocycles. The first kappa shape index (κ1) is 25.9. The number of aliphatic hydroxyl groups is 1. The summed E-state index contributed by atoms with van der Waals surface area (Å²) in [7, 11) is 0. The maximum Gasteiger partial charge on any atom is 0.227 e. The first-order chi connectivity index (χ1) is 16.5. The molecular formula is C27H36FN3O3. The summed E-state index contributed by atoms with van der Waals surface area (Å²) in [6.45, 7) is 8.89. The Labute approximate surface area is 201 Å². The van der Waals surface area contributed by atoms with Gasteiger partial charge < -0.3 is 14.6 Å². The van der Waals surface area contributed by atoms with Gasteiger partial charge in [-0.1, -0.05) is 50.6 Å². The average Bonchev–Trinajstić information content (AvgIpc) is 3.14. The monoisotopic (exact) mass is 469 g/mol. The highest BCUT2D eigenvalue weighted by Crippen LogP contribution is 2.32. The van der Waals surface area contributed by atoms with Gasteiger partial charge in [-0.3, -0.25) is 4.90 Å². The van der Waals surface area contributed by atoms with E-state index in [4.69, 9.17) is 14.6 Å². The number of rotatable bonds is 14. The first-order valence-corrected chi connectivity index (χ1v) is 12.1. The zero-order valence-electron chi connectivity index (χ0n) is 20.4. The SMILES string of the molecule is CCCCOC[C@H](O)CN(CCC)Cc1c(C)nn(-c2ccccc2)c1Oc1ccccc1F. The molecule has 0 spiro atoms. The third-order valence-corrected chi connectivity index (χ3v) is 5.52. The Morgan fingerprint density at radius 3 is 2.50 bits per heavy atom. The van der Waals surface area contributed by atoms with E-state index in [-0.39, 0.29) is 5.75 Å². The lowest BCUT2D eigenvalue weighted by atomic mass is 10.2. The van der Waals surface area contributed by atoms with Gasteiger partial charge in [-0.15, -0.1) is 0 Å². The number of unbranched alkanes of at least 4 members (excludes halogenated alkanes) is 1. The molecule has 0 amide bonds. The van der Waals surface area contributed by atoms with Crippen LogP contribution in [0.15, 0.2) is 54.6 Å². The molecule has 3 aromatic rings. The minimum absolute atomic E-state index is 0.146. The number of benzene rings is 2. The molecule has 0 radical (unpaired) electrons. The van der Waals surface area contributed by atoms with Gasteiger partial charge in [0, 0.05) is 19.7 Å².